The van der Waals surface area contributed by atoms with Gasteiger partial charge in [0.15, 0.2) is 23.1 Å². The van der Waals surface area contributed by atoms with E-state index in [1.54, 1.807) is 12.1 Å². The Morgan fingerprint density at radius 1 is 0.944 bits per heavy atom. The molecule has 0 amide bonds. The fourth-order valence-electron chi connectivity index (χ4n) is 5.09. The highest BCUT2D eigenvalue weighted by Gasteiger charge is 2.31. The quantitative estimate of drug-likeness (QED) is 0.541. The van der Waals surface area contributed by atoms with E-state index in [1.165, 1.54) is 20.3 Å². The molecule has 0 bridgehead atoms. The fraction of sp³-hybridized carbons (Fsp3) is 0.577. The molecule has 4 rings (SSSR count). The summed E-state index contributed by atoms with van der Waals surface area (Å²) in [5, 5.41) is 0. The summed E-state index contributed by atoms with van der Waals surface area (Å²) in [6.45, 7) is 7.78. The molecule has 1 aliphatic heterocycles. The van der Waals surface area contributed by atoms with Gasteiger partial charge in [0.05, 0.1) is 25.2 Å². The number of hydrogen-bond acceptors (Lipinski definition) is 8. The molecule has 1 saturated carbocycles. The molecule has 2 aliphatic rings. The lowest BCUT2D eigenvalue weighted by Crippen LogP contribution is -2.52. The van der Waals surface area contributed by atoms with Gasteiger partial charge in [-0.05, 0) is 63.8 Å². The zero-order chi connectivity index (χ0) is 25.7. The smallest absolute Gasteiger partial charge is 0.240 e. The molecule has 1 aromatic carbocycles. The monoisotopic (exact) mass is 518 g/mol. The van der Waals surface area contributed by atoms with E-state index >= 15 is 0 Å². The first kappa shape index (κ1) is 26.5. The first-order valence-corrected chi connectivity index (χ1v) is 14.1. The Morgan fingerprint density at radius 2 is 1.64 bits per heavy atom. The van der Waals surface area contributed by atoms with Gasteiger partial charge in [-0.15, -0.1) is 0 Å². The van der Waals surface area contributed by atoms with Crippen molar-refractivity contribution in [2.24, 2.45) is 0 Å². The molecule has 0 unspecified atom stereocenters. The Hall–Kier alpha value is -2.56. The van der Waals surface area contributed by atoms with E-state index in [0.29, 0.717) is 17.5 Å². The van der Waals surface area contributed by atoms with E-state index in [9.17, 15) is 8.42 Å². The molecular weight excluding hydrogens is 480 g/mol. The van der Waals surface area contributed by atoms with Gasteiger partial charge >= 0.3 is 0 Å². The van der Waals surface area contributed by atoms with Crippen molar-refractivity contribution >= 4 is 15.8 Å². The first-order chi connectivity index (χ1) is 17.3. The van der Waals surface area contributed by atoms with Crippen LogP contribution in [0.3, 0.4) is 0 Å². The highest BCUT2D eigenvalue weighted by atomic mass is 32.2. The number of hydrogen-bond donors (Lipinski definition) is 1. The number of nitrogens with one attached hydrogen (secondary N) is 1. The van der Waals surface area contributed by atoms with Crippen LogP contribution < -0.4 is 23.8 Å². The van der Waals surface area contributed by atoms with Crippen LogP contribution in [0.15, 0.2) is 41.4 Å². The summed E-state index contributed by atoms with van der Waals surface area (Å²) < 4.78 is 45.3. The molecule has 1 N–H and O–H groups in total. The van der Waals surface area contributed by atoms with E-state index in [-0.39, 0.29) is 17.0 Å². The lowest BCUT2D eigenvalue weighted by molar-refractivity contribution is 0.139. The summed E-state index contributed by atoms with van der Waals surface area (Å²) in [5.41, 5.74) is 0. The predicted octanol–water partition coefficient (Wildman–Crippen LogP) is 3.30. The van der Waals surface area contributed by atoms with E-state index in [1.807, 2.05) is 32.2 Å². The Balaban J connectivity index is 1.29. The van der Waals surface area contributed by atoms with Crippen molar-refractivity contribution in [3.8, 4) is 17.2 Å². The largest absolute Gasteiger partial charge is 0.493 e. The fourth-order valence-corrected chi connectivity index (χ4v) is 6.41. The third kappa shape index (κ3) is 6.22. The van der Waals surface area contributed by atoms with Crippen molar-refractivity contribution in [2.75, 3.05) is 45.3 Å². The van der Waals surface area contributed by atoms with Crippen LogP contribution in [0.4, 0.5) is 5.82 Å². The third-order valence-electron chi connectivity index (χ3n) is 6.93. The van der Waals surface area contributed by atoms with Gasteiger partial charge in [0.2, 0.25) is 10.0 Å². The van der Waals surface area contributed by atoms with Gasteiger partial charge in [-0.25, -0.2) is 18.1 Å². The van der Waals surface area contributed by atoms with E-state index < -0.39 is 10.0 Å². The highest BCUT2D eigenvalue weighted by Crippen LogP contribution is 2.32. The standard InChI is InChI=1S/C26H38N4O5S/c1-19(2)35-24-6-5-13-27-26(24)30-16-14-29(15-17-30)21-9-7-20(8-10-21)28-36(31,32)22-11-12-23(33-3)25(18-22)34-4/h5-6,11-13,18-21,28H,7-10,14-17H2,1-4H3/t20-,21+. The second kappa shape index (κ2) is 11.7. The van der Waals surface area contributed by atoms with Gasteiger partial charge < -0.3 is 19.1 Å². The van der Waals surface area contributed by atoms with Crippen LogP contribution in [-0.2, 0) is 10.0 Å². The number of piperazine rings is 1. The molecule has 198 valence electrons. The zero-order valence-corrected chi connectivity index (χ0v) is 22.5. The molecular formula is C26H38N4O5S. The number of pyridine rings is 1. The van der Waals surface area contributed by atoms with Crippen molar-refractivity contribution < 1.29 is 22.6 Å². The Morgan fingerprint density at radius 3 is 2.28 bits per heavy atom. The van der Waals surface area contributed by atoms with Gasteiger partial charge in [-0.2, -0.15) is 0 Å². The summed E-state index contributed by atoms with van der Waals surface area (Å²) in [5.74, 6) is 2.66. The Bertz CT molecular complexity index is 1110. The number of anilines is 1. The molecule has 9 nitrogen and oxygen atoms in total. The van der Waals surface area contributed by atoms with Gasteiger partial charge in [0.1, 0.15) is 0 Å². The minimum absolute atomic E-state index is 0.0649. The van der Waals surface area contributed by atoms with E-state index in [4.69, 9.17) is 14.2 Å². The molecule has 36 heavy (non-hydrogen) atoms. The summed E-state index contributed by atoms with van der Waals surface area (Å²) in [7, 11) is -0.610. The first-order valence-electron chi connectivity index (χ1n) is 12.7. The number of rotatable bonds is 9. The van der Waals surface area contributed by atoms with Crippen LogP contribution in [0.1, 0.15) is 39.5 Å². The highest BCUT2D eigenvalue weighted by molar-refractivity contribution is 7.89. The van der Waals surface area contributed by atoms with Crippen LogP contribution in [0.5, 0.6) is 17.2 Å². The lowest BCUT2D eigenvalue weighted by atomic mass is 9.90. The number of ether oxygens (including phenoxy) is 3. The number of methoxy groups -OCH3 is 2. The number of sulfonamides is 1. The van der Waals surface area contributed by atoms with Crippen molar-refractivity contribution in [3.05, 3.63) is 36.5 Å². The molecule has 2 heterocycles. The van der Waals surface area contributed by atoms with Crippen molar-refractivity contribution in [2.45, 2.75) is 62.6 Å². The maximum atomic E-state index is 13.0. The maximum Gasteiger partial charge on any atom is 0.240 e. The number of benzene rings is 1. The van der Waals surface area contributed by atoms with E-state index in [2.05, 4.69) is 19.5 Å². The lowest BCUT2D eigenvalue weighted by Gasteiger charge is -2.42. The predicted molar refractivity (Wildman–Crippen MR) is 140 cm³/mol. The topological polar surface area (TPSA) is 93.2 Å². The molecule has 0 atom stereocenters. The molecule has 1 aromatic heterocycles. The van der Waals surface area contributed by atoms with Crippen LogP contribution in [0.2, 0.25) is 0 Å². The molecule has 0 radical (unpaired) electrons. The van der Waals surface area contributed by atoms with Gasteiger partial charge in [-0.3, -0.25) is 4.90 Å². The second-order valence-electron chi connectivity index (χ2n) is 9.66. The summed E-state index contributed by atoms with van der Waals surface area (Å²) in [4.78, 5) is 9.62. The average molecular weight is 519 g/mol. The summed E-state index contributed by atoms with van der Waals surface area (Å²) >= 11 is 0. The van der Waals surface area contributed by atoms with Crippen LogP contribution in [-0.4, -0.2) is 76.9 Å². The van der Waals surface area contributed by atoms with Crippen molar-refractivity contribution in [3.63, 3.8) is 0 Å². The molecule has 2 fully saturated rings. The van der Waals surface area contributed by atoms with Gasteiger partial charge in [0, 0.05) is 50.5 Å². The van der Waals surface area contributed by atoms with Gasteiger partial charge in [-0.1, -0.05) is 0 Å². The van der Waals surface area contributed by atoms with Crippen LogP contribution >= 0.6 is 0 Å². The van der Waals surface area contributed by atoms with Crippen LogP contribution in [0, 0.1) is 0 Å². The summed E-state index contributed by atoms with van der Waals surface area (Å²) in [6, 6.07) is 8.98. The summed E-state index contributed by atoms with van der Waals surface area (Å²) in [6.07, 6.45) is 5.52. The third-order valence-corrected chi connectivity index (χ3v) is 8.45. The number of aromatic nitrogens is 1. The maximum absolute atomic E-state index is 13.0. The second-order valence-corrected chi connectivity index (χ2v) is 11.4. The molecule has 2 aromatic rings. The minimum atomic E-state index is -3.64. The molecule has 1 aliphatic carbocycles. The number of nitrogens with zero attached hydrogens (tertiary/aromatic N) is 3. The van der Waals surface area contributed by atoms with Crippen molar-refractivity contribution in [1.82, 2.24) is 14.6 Å². The molecule has 1 saturated heterocycles. The Labute approximate surface area is 214 Å². The van der Waals surface area contributed by atoms with E-state index in [0.717, 1.165) is 63.4 Å². The average Bonchev–Trinajstić information content (AvgIpc) is 2.88. The SMILES string of the molecule is COc1ccc(S(=O)(=O)N[C@H]2CC[C@@H](N3CCN(c4ncccc4OC(C)C)CC3)CC2)cc1OC. The van der Waals surface area contributed by atoms with Gasteiger partial charge in [0.25, 0.3) is 0 Å². The molecule has 10 heteroatoms. The molecule has 0 spiro atoms. The zero-order valence-electron chi connectivity index (χ0n) is 21.6. The minimum Gasteiger partial charge on any atom is -0.493 e. The van der Waals surface area contributed by atoms with Crippen molar-refractivity contribution in [1.29, 1.82) is 0 Å². The Kier molecular flexibility index (Phi) is 8.58. The normalized spacial score (nSPS) is 21.4. The van der Waals surface area contributed by atoms with Crippen LogP contribution in [0.25, 0.3) is 0 Å².